The number of amides is 5. The predicted octanol–water partition coefficient (Wildman–Crippen LogP) is 6.78. The van der Waals surface area contributed by atoms with Gasteiger partial charge in [-0.3, -0.25) is 20.0 Å². The number of hydrogen-bond acceptors (Lipinski definition) is 17. The van der Waals surface area contributed by atoms with Crippen molar-refractivity contribution in [2.24, 2.45) is 16.7 Å². The maximum absolute atomic E-state index is 14.9. The summed E-state index contributed by atoms with van der Waals surface area (Å²) in [6.45, 7) is 22.4. The highest BCUT2D eigenvalue weighted by Crippen LogP contribution is 2.24. The second kappa shape index (κ2) is 35.4. The molecule has 0 saturated heterocycles. The van der Waals surface area contributed by atoms with Crippen LogP contribution in [0.15, 0.2) is 79.0 Å². The lowest BCUT2D eigenvalue weighted by molar-refractivity contribution is -0.157. The Labute approximate surface area is 479 Å². The van der Waals surface area contributed by atoms with Crippen molar-refractivity contribution in [3.63, 3.8) is 0 Å². The molecule has 2 aromatic carbocycles. The van der Waals surface area contributed by atoms with Crippen LogP contribution in [-0.2, 0) is 70.0 Å². The Kier molecular flexibility index (Phi) is 30.1. The summed E-state index contributed by atoms with van der Waals surface area (Å²) in [7, 11) is 2.80. The van der Waals surface area contributed by atoms with Crippen molar-refractivity contribution in [2.75, 3.05) is 86.8 Å². The molecule has 0 radical (unpaired) electrons. The van der Waals surface area contributed by atoms with Gasteiger partial charge in [0.25, 0.3) is 5.91 Å². The van der Waals surface area contributed by atoms with Crippen LogP contribution in [0.5, 0.6) is 0 Å². The Morgan fingerprint density at radius 2 is 1.12 bits per heavy atom. The maximum atomic E-state index is 14.9. The average molecular weight is 1140 g/mol. The Bertz CT molecular complexity index is 2330. The molecule has 0 unspecified atom stereocenters. The van der Waals surface area contributed by atoms with Gasteiger partial charge in [0, 0.05) is 25.4 Å². The average Bonchev–Trinajstić information content (AvgIpc) is 3.39. The van der Waals surface area contributed by atoms with Crippen LogP contribution in [0, 0.1) is 16.7 Å². The molecule has 3 rings (SSSR count). The van der Waals surface area contributed by atoms with E-state index in [1.165, 1.54) is 7.11 Å². The number of carbonyl (C=O) groups excluding carboxylic acids is 6. The van der Waals surface area contributed by atoms with Gasteiger partial charge < -0.3 is 63.9 Å². The first kappa shape index (κ1) is 68.8. The van der Waals surface area contributed by atoms with Gasteiger partial charge in [-0.1, -0.05) is 116 Å². The minimum Gasteiger partial charge on any atom is -0.457 e. The molecule has 22 heteroatoms. The zero-order valence-corrected chi connectivity index (χ0v) is 49.9. The molecule has 22 nitrogen and oxygen atoms in total. The Hall–Kier alpha value is -6.43. The Morgan fingerprint density at radius 3 is 1.64 bits per heavy atom. The number of nitrogens with one attached hydrogen (secondary N) is 5. The van der Waals surface area contributed by atoms with Crippen molar-refractivity contribution < 1.29 is 71.4 Å². The van der Waals surface area contributed by atoms with Crippen molar-refractivity contribution in [1.29, 1.82) is 0 Å². The molecule has 0 saturated carbocycles. The molecule has 452 valence electrons. The van der Waals surface area contributed by atoms with Crippen LogP contribution in [0.3, 0.4) is 0 Å². The molecule has 0 spiro atoms. The van der Waals surface area contributed by atoms with Gasteiger partial charge in [-0.15, -0.1) is 0 Å². The van der Waals surface area contributed by atoms with E-state index in [-0.39, 0.29) is 51.7 Å². The van der Waals surface area contributed by atoms with E-state index in [4.69, 9.17) is 42.6 Å². The summed E-state index contributed by atoms with van der Waals surface area (Å²) in [5.74, 6) is -2.22. The van der Waals surface area contributed by atoms with Gasteiger partial charge in [0.05, 0.1) is 84.9 Å². The van der Waals surface area contributed by atoms with Crippen LogP contribution in [0.4, 0.5) is 14.4 Å². The number of benzene rings is 2. The number of aromatic nitrogens is 1. The molecule has 0 aliphatic heterocycles. The van der Waals surface area contributed by atoms with Gasteiger partial charge in [0.15, 0.2) is 0 Å². The molecule has 5 N–H and O–H groups in total. The molecule has 0 aliphatic carbocycles. The third-order valence-electron chi connectivity index (χ3n) is 12.0. The van der Waals surface area contributed by atoms with E-state index in [1.807, 2.05) is 86.6 Å². The van der Waals surface area contributed by atoms with Gasteiger partial charge in [-0.05, 0) is 73.6 Å². The summed E-state index contributed by atoms with van der Waals surface area (Å²) >= 11 is 0. The van der Waals surface area contributed by atoms with E-state index in [1.54, 1.807) is 80.6 Å². The van der Waals surface area contributed by atoms with Crippen LogP contribution in [-0.4, -0.2) is 169 Å². The number of carbonyl (C=O) groups is 6. The predicted molar refractivity (Wildman–Crippen MR) is 304 cm³/mol. The zero-order valence-electron chi connectivity index (χ0n) is 49.9. The summed E-state index contributed by atoms with van der Waals surface area (Å²) < 4.78 is 49.4. The third kappa shape index (κ3) is 28.2. The van der Waals surface area contributed by atoms with Crippen molar-refractivity contribution in [1.82, 2.24) is 36.7 Å². The molecular formula is C59H91N7O15. The number of pyridine rings is 1. The van der Waals surface area contributed by atoms with Crippen molar-refractivity contribution >= 4 is 36.1 Å². The number of rotatable bonds is 34. The van der Waals surface area contributed by atoms with Crippen LogP contribution >= 0.6 is 0 Å². The normalized spacial score (nSPS) is 13.7. The minimum atomic E-state index is -1.31. The topological polar surface area (TPSA) is 262 Å². The second-order valence-electron chi connectivity index (χ2n) is 22.8. The molecule has 5 amide bonds. The number of alkyl carbamates (subject to hydrolysis) is 3. The van der Waals surface area contributed by atoms with Crippen molar-refractivity contribution in [3.05, 3.63) is 90.1 Å². The first-order valence-electron chi connectivity index (χ1n) is 27.5. The highest BCUT2D eigenvalue weighted by molar-refractivity contribution is 5.87. The molecular weight excluding hydrogens is 1050 g/mol. The Morgan fingerprint density at radius 1 is 0.580 bits per heavy atom. The molecule has 3 aromatic rings. The van der Waals surface area contributed by atoms with E-state index < -0.39 is 82.8 Å². The lowest BCUT2D eigenvalue weighted by atomic mass is 9.85. The molecule has 0 fully saturated rings. The van der Waals surface area contributed by atoms with Gasteiger partial charge in [0.1, 0.15) is 36.4 Å². The van der Waals surface area contributed by atoms with E-state index in [9.17, 15) is 28.8 Å². The van der Waals surface area contributed by atoms with E-state index in [0.717, 1.165) is 16.8 Å². The highest BCUT2D eigenvalue weighted by Gasteiger charge is 2.40. The van der Waals surface area contributed by atoms with Gasteiger partial charge in [-0.25, -0.2) is 24.2 Å². The quantitative estimate of drug-likeness (QED) is 0.0178. The third-order valence-corrected chi connectivity index (χ3v) is 12.0. The number of hydrazine groups is 1. The first-order valence-corrected chi connectivity index (χ1v) is 27.5. The summed E-state index contributed by atoms with van der Waals surface area (Å²) in [5.41, 5.74) is 3.39. The summed E-state index contributed by atoms with van der Waals surface area (Å²) in [6, 6.07) is 17.7. The zero-order chi connectivity index (χ0) is 60.0. The van der Waals surface area contributed by atoms with Gasteiger partial charge >= 0.3 is 24.2 Å². The largest absolute Gasteiger partial charge is 0.457 e. The summed E-state index contributed by atoms with van der Waals surface area (Å²) in [6.07, 6.45) is -1.94. The van der Waals surface area contributed by atoms with Gasteiger partial charge in [-0.2, -0.15) is 0 Å². The van der Waals surface area contributed by atoms with E-state index in [0.29, 0.717) is 51.8 Å². The Balaban J connectivity index is 2.03. The fourth-order valence-corrected chi connectivity index (χ4v) is 7.93. The minimum absolute atomic E-state index is 0.0190. The molecule has 5 atom stereocenters. The number of methoxy groups -OCH3 is 2. The summed E-state index contributed by atoms with van der Waals surface area (Å²) in [4.78, 5) is 88.2. The van der Waals surface area contributed by atoms with Crippen molar-refractivity contribution in [3.8, 4) is 11.3 Å². The van der Waals surface area contributed by atoms with Crippen LogP contribution in [0.25, 0.3) is 11.3 Å². The van der Waals surface area contributed by atoms with Gasteiger partial charge in [0.2, 0.25) is 5.91 Å². The molecule has 1 heterocycles. The SMILES string of the molecule is COCCOCCOCCOCCOCCOC(=O)N[C@H](C(=O)N[C@@H](Cc1ccccc1)[C@H](CN(Cc1ccc(-c2ccccn2)cc1)NC(=O)[C@@H](NC(=O)OC)C(C)(C)C)OC(=O)[C@H](CC(C)C)NC(=O)OC(C)(C)C)C(C)(C)C. The molecule has 0 aliphatic rings. The van der Waals surface area contributed by atoms with E-state index >= 15 is 0 Å². The number of ether oxygens (including phenoxy) is 9. The fraction of sp³-hybridized carbons (Fsp3) is 0.610. The molecule has 81 heavy (non-hydrogen) atoms. The number of hydrogen-bond donors (Lipinski definition) is 5. The fourth-order valence-electron chi connectivity index (χ4n) is 7.93. The highest BCUT2D eigenvalue weighted by atomic mass is 16.6. The molecule has 0 bridgehead atoms. The van der Waals surface area contributed by atoms with Crippen LogP contribution < -0.4 is 26.7 Å². The molecule has 1 aromatic heterocycles. The van der Waals surface area contributed by atoms with E-state index in [2.05, 4.69) is 31.7 Å². The van der Waals surface area contributed by atoms with Crippen molar-refractivity contribution in [2.45, 2.75) is 131 Å². The van der Waals surface area contributed by atoms with Crippen LogP contribution in [0.2, 0.25) is 0 Å². The standard InChI is InChI=1S/C59H91N7O15/c1-41(2)37-47(62-56(72)81-59(9,10)11)53(69)80-48(40-66(65-52(68)50(58(6,7)8)63-54(70)74-13)39-43-22-24-44(25-23-43)45-21-17-18-26-60-45)46(38-42-19-15-14-16-20-42)61-51(67)49(57(3,4)5)64-55(71)79-36-35-78-34-33-77-32-31-76-30-29-75-28-27-73-12/h14-26,41,46-50H,27-40H2,1-13H3,(H,61,67)(H,62,72)(H,63,70)(H,64,71)(H,65,68)/t46-,47-,48-,49+,50+/m0/s1. The first-order chi connectivity index (χ1) is 38.3. The smallest absolute Gasteiger partial charge is 0.408 e. The monoisotopic (exact) mass is 1140 g/mol. The lowest BCUT2D eigenvalue weighted by Gasteiger charge is -2.37. The van der Waals surface area contributed by atoms with Crippen LogP contribution in [0.1, 0.15) is 93.7 Å². The lowest BCUT2D eigenvalue weighted by Crippen LogP contribution is -2.62. The number of nitrogens with zero attached hydrogens (tertiary/aromatic N) is 2. The number of esters is 1. The second-order valence-corrected chi connectivity index (χ2v) is 22.8. The maximum Gasteiger partial charge on any atom is 0.408 e. The summed E-state index contributed by atoms with van der Waals surface area (Å²) in [5, 5.41) is 12.7.